The summed E-state index contributed by atoms with van der Waals surface area (Å²) in [6.07, 6.45) is -1.44. The first kappa shape index (κ1) is 9.44. The van der Waals surface area contributed by atoms with E-state index in [1.807, 2.05) is 0 Å². The van der Waals surface area contributed by atoms with Gasteiger partial charge in [-0.1, -0.05) is 0 Å². The van der Waals surface area contributed by atoms with Gasteiger partial charge < -0.3 is 19.7 Å². The summed E-state index contributed by atoms with van der Waals surface area (Å²) < 4.78 is 9.84. The molecule has 0 bridgehead atoms. The highest BCUT2D eigenvalue weighted by Gasteiger charge is 2.37. The van der Waals surface area contributed by atoms with Gasteiger partial charge in [-0.3, -0.25) is 4.79 Å². The highest BCUT2D eigenvalue weighted by molar-refractivity contribution is 5.67. The van der Waals surface area contributed by atoms with Gasteiger partial charge in [-0.2, -0.15) is 0 Å². The van der Waals surface area contributed by atoms with Crippen molar-refractivity contribution in [2.75, 3.05) is 13.7 Å². The number of hydrogen-bond donors (Lipinski definition) is 2. The van der Waals surface area contributed by atoms with E-state index in [4.69, 9.17) is 14.6 Å². The molecule has 0 amide bonds. The molecule has 12 heavy (non-hydrogen) atoms. The molecule has 5 nitrogen and oxygen atoms in total. The molecule has 3 unspecified atom stereocenters. The summed E-state index contributed by atoms with van der Waals surface area (Å²) in [5.41, 5.74) is 0. The highest BCUT2D eigenvalue weighted by atomic mass is 16.7. The minimum atomic E-state index is -0.952. The third kappa shape index (κ3) is 1.94. The number of ether oxygens (including phenoxy) is 2. The molecule has 1 saturated heterocycles. The Balaban J connectivity index is 2.51. The number of carboxylic acids is 1. The number of rotatable bonds is 3. The Labute approximate surface area is 69.9 Å². The van der Waals surface area contributed by atoms with E-state index < -0.39 is 24.3 Å². The minimum absolute atomic E-state index is 0.125. The molecule has 1 fully saturated rings. The number of methoxy groups -OCH3 is 1. The molecule has 70 valence electrons. The van der Waals surface area contributed by atoms with Gasteiger partial charge in [-0.25, -0.2) is 0 Å². The van der Waals surface area contributed by atoms with Crippen molar-refractivity contribution in [3.63, 3.8) is 0 Å². The monoisotopic (exact) mass is 176 g/mol. The zero-order valence-electron chi connectivity index (χ0n) is 6.77. The topological polar surface area (TPSA) is 76.0 Å². The van der Waals surface area contributed by atoms with Crippen LogP contribution in [0.5, 0.6) is 0 Å². The van der Waals surface area contributed by atoms with E-state index in [9.17, 15) is 9.90 Å². The highest BCUT2D eigenvalue weighted by Crippen LogP contribution is 2.24. The molecular formula is C7H12O5. The number of aliphatic hydroxyl groups is 1. The molecule has 0 radical (unpaired) electrons. The average Bonchev–Trinajstić information content (AvgIpc) is 2.32. The molecule has 1 rings (SSSR count). The summed E-state index contributed by atoms with van der Waals surface area (Å²) in [4.78, 5) is 10.3. The Morgan fingerprint density at radius 3 is 2.92 bits per heavy atom. The van der Waals surface area contributed by atoms with Crippen LogP contribution in [0, 0.1) is 5.92 Å². The smallest absolute Gasteiger partial charge is 0.303 e. The first-order valence-corrected chi connectivity index (χ1v) is 3.69. The predicted molar refractivity (Wildman–Crippen MR) is 38.5 cm³/mol. The van der Waals surface area contributed by atoms with E-state index >= 15 is 0 Å². The fourth-order valence-electron chi connectivity index (χ4n) is 1.30. The fourth-order valence-corrected chi connectivity index (χ4v) is 1.30. The van der Waals surface area contributed by atoms with Crippen LogP contribution in [0.4, 0.5) is 0 Å². The summed E-state index contributed by atoms with van der Waals surface area (Å²) in [7, 11) is 1.43. The van der Waals surface area contributed by atoms with Gasteiger partial charge in [-0.15, -0.1) is 0 Å². The molecule has 1 aliphatic heterocycles. The Hall–Kier alpha value is -0.650. The lowest BCUT2D eigenvalue weighted by Gasteiger charge is -2.16. The summed E-state index contributed by atoms with van der Waals surface area (Å²) >= 11 is 0. The van der Waals surface area contributed by atoms with E-state index in [2.05, 4.69) is 0 Å². The molecule has 2 N–H and O–H groups in total. The van der Waals surface area contributed by atoms with Crippen LogP contribution in [0.25, 0.3) is 0 Å². The zero-order valence-corrected chi connectivity index (χ0v) is 6.77. The number of hydrogen-bond acceptors (Lipinski definition) is 4. The molecule has 0 aromatic rings. The molecule has 0 aliphatic carbocycles. The summed E-state index contributed by atoms with van der Waals surface area (Å²) in [5.74, 6) is -1.40. The standard InChI is InChI=1S/C7H12O5/c1-11-7-4(2-6(9)10)5(8)3-12-7/h4-5,7-8H,2-3H2,1H3,(H,9,10). The first-order valence-electron chi connectivity index (χ1n) is 3.69. The van der Waals surface area contributed by atoms with Crippen LogP contribution in [0.3, 0.4) is 0 Å². The Kier molecular flexibility index (Phi) is 3.02. The maximum Gasteiger partial charge on any atom is 0.303 e. The van der Waals surface area contributed by atoms with Crippen LogP contribution in [0.2, 0.25) is 0 Å². The predicted octanol–water partition coefficient (Wildman–Crippen LogP) is -0.559. The lowest BCUT2D eigenvalue weighted by molar-refractivity contribution is -0.145. The van der Waals surface area contributed by atoms with Crippen molar-refractivity contribution in [1.29, 1.82) is 0 Å². The second-order valence-corrected chi connectivity index (χ2v) is 2.77. The summed E-state index contributed by atoms with van der Waals surface area (Å²) in [6.45, 7) is 0.149. The van der Waals surface area contributed by atoms with E-state index in [1.54, 1.807) is 0 Å². The second kappa shape index (κ2) is 3.84. The van der Waals surface area contributed by atoms with Crippen molar-refractivity contribution in [3.8, 4) is 0 Å². The molecular weight excluding hydrogens is 164 g/mol. The van der Waals surface area contributed by atoms with Crippen LogP contribution >= 0.6 is 0 Å². The lowest BCUT2D eigenvalue weighted by Crippen LogP contribution is -2.27. The van der Waals surface area contributed by atoms with Crippen molar-refractivity contribution in [3.05, 3.63) is 0 Å². The third-order valence-corrected chi connectivity index (χ3v) is 1.92. The number of aliphatic carboxylic acids is 1. The van der Waals surface area contributed by atoms with Crippen molar-refractivity contribution in [2.24, 2.45) is 5.92 Å². The van der Waals surface area contributed by atoms with Gasteiger partial charge in [0.15, 0.2) is 6.29 Å². The Morgan fingerprint density at radius 1 is 1.75 bits per heavy atom. The molecule has 3 atom stereocenters. The average molecular weight is 176 g/mol. The van der Waals surface area contributed by atoms with Crippen molar-refractivity contribution in [2.45, 2.75) is 18.8 Å². The van der Waals surface area contributed by atoms with E-state index in [1.165, 1.54) is 7.11 Å². The molecule has 0 spiro atoms. The summed E-state index contributed by atoms with van der Waals surface area (Å²) in [5, 5.41) is 17.8. The molecule has 5 heteroatoms. The lowest BCUT2D eigenvalue weighted by atomic mass is 10.0. The number of carboxylic acid groups (broad SMARTS) is 1. The van der Waals surface area contributed by atoms with Crippen molar-refractivity contribution in [1.82, 2.24) is 0 Å². The molecule has 1 heterocycles. The van der Waals surface area contributed by atoms with Gasteiger partial charge >= 0.3 is 5.97 Å². The van der Waals surface area contributed by atoms with Gasteiger partial charge in [0.25, 0.3) is 0 Å². The normalized spacial score (nSPS) is 35.3. The van der Waals surface area contributed by atoms with Crippen LogP contribution in [0.1, 0.15) is 6.42 Å². The van der Waals surface area contributed by atoms with Gasteiger partial charge in [0, 0.05) is 13.0 Å². The van der Waals surface area contributed by atoms with Gasteiger partial charge in [0.2, 0.25) is 0 Å². The van der Waals surface area contributed by atoms with Crippen LogP contribution < -0.4 is 0 Å². The second-order valence-electron chi connectivity index (χ2n) is 2.77. The van der Waals surface area contributed by atoms with Crippen LogP contribution in [-0.4, -0.2) is 42.3 Å². The van der Waals surface area contributed by atoms with Crippen LogP contribution in [-0.2, 0) is 14.3 Å². The first-order chi connectivity index (χ1) is 5.65. The quantitative estimate of drug-likeness (QED) is 0.602. The molecule has 0 saturated carbocycles. The number of carbonyl (C=O) groups is 1. The largest absolute Gasteiger partial charge is 0.481 e. The molecule has 1 aliphatic rings. The Bertz CT molecular complexity index is 169. The zero-order chi connectivity index (χ0) is 9.14. The van der Waals surface area contributed by atoms with Gasteiger partial charge in [-0.05, 0) is 0 Å². The van der Waals surface area contributed by atoms with E-state index in [0.717, 1.165) is 0 Å². The SMILES string of the molecule is COC1OCC(O)C1CC(=O)O. The maximum absolute atomic E-state index is 10.3. The number of aliphatic hydroxyl groups excluding tert-OH is 1. The summed E-state index contributed by atoms with van der Waals surface area (Å²) in [6, 6.07) is 0. The molecule has 0 aromatic carbocycles. The van der Waals surface area contributed by atoms with E-state index in [-0.39, 0.29) is 13.0 Å². The fraction of sp³-hybridized carbons (Fsp3) is 0.857. The third-order valence-electron chi connectivity index (χ3n) is 1.92. The van der Waals surface area contributed by atoms with Gasteiger partial charge in [0.1, 0.15) is 0 Å². The van der Waals surface area contributed by atoms with Crippen LogP contribution in [0.15, 0.2) is 0 Å². The minimum Gasteiger partial charge on any atom is -0.481 e. The van der Waals surface area contributed by atoms with E-state index in [0.29, 0.717) is 0 Å². The Morgan fingerprint density at radius 2 is 2.42 bits per heavy atom. The maximum atomic E-state index is 10.3. The van der Waals surface area contributed by atoms with Crippen molar-refractivity contribution < 1.29 is 24.5 Å². The molecule has 0 aromatic heterocycles. The van der Waals surface area contributed by atoms with Crippen molar-refractivity contribution >= 4 is 5.97 Å². The van der Waals surface area contributed by atoms with Gasteiger partial charge in [0.05, 0.1) is 19.1 Å².